The summed E-state index contributed by atoms with van der Waals surface area (Å²) in [4.78, 5) is 3.56. The van der Waals surface area contributed by atoms with Crippen molar-refractivity contribution in [2.75, 3.05) is 0 Å². The van der Waals surface area contributed by atoms with E-state index >= 15 is 0 Å². The molecule has 0 aliphatic carbocycles. The lowest BCUT2D eigenvalue weighted by Crippen LogP contribution is -1.94. The Kier molecular flexibility index (Phi) is 4.93. The van der Waals surface area contributed by atoms with Crippen molar-refractivity contribution in [3.05, 3.63) is 152 Å². The van der Waals surface area contributed by atoms with Crippen LogP contribution in [0, 0.1) is 0 Å². The number of para-hydroxylation sites is 3. The number of aromatic nitrogens is 2. The van der Waals surface area contributed by atoms with Gasteiger partial charge in [-0.05, 0) is 76.2 Å². The molecule has 7 aromatic carbocycles. The second-order valence-corrected chi connectivity index (χ2v) is 11.1. The number of nitrogens with zero attached hydrogens (tertiary/aromatic N) is 1. The molecule has 0 amide bonds. The number of nitrogens with one attached hydrogen (secondary N) is 1. The largest absolute Gasteiger partial charge is 0.355 e. The van der Waals surface area contributed by atoms with Crippen molar-refractivity contribution in [3.8, 4) is 27.9 Å². The number of fused-ring (bicyclic) bond motifs is 8. The molecule has 0 aliphatic rings. The molecule has 2 aromatic heterocycles. The number of hydrogen-bond donors (Lipinski definition) is 1. The highest BCUT2D eigenvalue weighted by Gasteiger charge is 2.18. The zero-order chi connectivity index (χ0) is 27.6. The second-order valence-electron chi connectivity index (χ2n) is 11.1. The first-order valence-corrected chi connectivity index (χ1v) is 14.5. The van der Waals surface area contributed by atoms with Crippen LogP contribution in [-0.2, 0) is 0 Å². The molecule has 0 saturated carbocycles. The average Bonchev–Trinajstić information content (AvgIpc) is 3.60. The SMILES string of the molecule is c1ccc(-n2c3ccccc3c3cc(-c4cccc(-c5ccc6[nH]c7ccccc7c6c5)c4)c4ccccc4c32)cc1. The molecule has 2 heteroatoms. The molecule has 42 heavy (non-hydrogen) atoms. The van der Waals surface area contributed by atoms with E-state index in [1.165, 1.54) is 82.3 Å². The predicted octanol–water partition coefficient (Wildman–Crippen LogP) is 10.9. The Balaban J connectivity index is 1.30. The monoisotopic (exact) mass is 534 g/mol. The molecule has 0 bridgehead atoms. The number of benzene rings is 7. The third-order valence-electron chi connectivity index (χ3n) is 8.70. The number of hydrogen-bond acceptors (Lipinski definition) is 0. The van der Waals surface area contributed by atoms with Gasteiger partial charge >= 0.3 is 0 Å². The van der Waals surface area contributed by atoms with E-state index in [1.807, 2.05) is 0 Å². The third kappa shape index (κ3) is 3.39. The van der Waals surface area contributed by atoms with Crippen LogP contribution in [0.25, 0.3) is 82.3 Å². The summed E-state index contributed by atoms with van der Waals surface area (Å²) in [6.45, 7) is 0. The molecule has 0 saturated heterocycles. The first-order valence-electron chi connectivity index (χ1n) is 14.5. The summed E-state index contributed by atoms with van der Waals surface area (Å²) in [5.74, 6) is 0. The van der Waals surface area contributed by atoms with Gasteiger partial charge in [-0.2, -0.15) is 0 Å². The van der Waals surface area contributed by atoms with Gasteiger partial charge in [-0.1, -0.05) is 103 Å². The fourth-order valence-corrected chi connectivity index (χ4v) is 6.80. The Morgan fingerprint density at radius 2 is 1.05 bits per heavy atom. The first-order chi connectivity index (χ1) is 20.8. The van der Waals surface area contributed by atoms with Gasteiger partial charge in [0.25, 0.3) is 0 Å². The highest BCUT2D eigenvalue weighted by Crippen LogP contribution is 2.42. The van der Waals surface area contributed by atoms with Crippen molar-refractivity contribution >= 4 is 54.4 Å². The van der Waals surface area contributed by atoms with Crippen LogP contribution >= 0.6 is 0 Å². The lowest BCUT2D eigenvalue weighted by molar-refractivity contribution is 1.19. The third-order valence-corrected chi connectivity index (χ3v) is 8.70. The maximum absolute atomic E-state index is 3.56. The minimum Gasteiger partial charge on any atom is -0.355 e. The van der Waals surface area contributed by atoms with E-state index in [0.29, 0.717) is 0 Å². The first kappa shape index (κ1) is 23.1. The zero-order valence-corrected chi connectivity index (χ0v) is 22.9. The minimum absolute atomic E-state index is 1.17. The second kappa shape index (κ2) is 8.95. The van der Waals surface area contributed by atoms with E-state index in [2.05, 4.69) is 161 Å². The van der Waals surface area contributed by atoms with Crippen LogP contribution in [0.2, 0.25) is 0 Å². The van der Waals surface area contributed by atoms with Gasteiger partial charge in [0.1, 0.15) is 0 Å². The quantitative estimate of drug-likeness (QED) is 0.233. The van der Waals surface area contributed by atoms with Crippen LogP contribution < -0.4 is 0 Å². The molecule has 196 valence electrons. The van der Waals surface area contributed by atoms with Crippen LogP contribution in [0.15, 0.2) is 152 Å². The van der Waals surface area contributed by atoms with E-state index in [1.54, 1.807) is 0 Å². The Morgan fingerprint density at radius 1 is 0.381 bits per heavy atom. The van der Waals surface area contributed by atoms with E-state index in [0.717, 1.165) is 0 Å². The van der Waals surface area contributed by atoms with Gasteiger partial charge in [0.2, 0.25) is 0 Å². The van der Waals surface area contributed by atoms with Crippen LogP contribution in [0.3, 0.4) is 0 Å². The maximum atomic E-state index is 3.56. The lowest BCUT2D eigenvalue weighted by atomic mass is 9.93. The van der Waals surface area contributed by atoms with Gasteiger partial charge in [-0.15, -0.1) is 0 Å². The van der Waals surface area contributed by atoms with Crippen molar-refractivity contribution < 1.29 is 0 Å². The topological polar surface area (TPSA) is 20.7 Å². The van der Waals surface area contributed by atoms with Gasteiger partial charge in [-0.25, -0.2) is 0 Å². The molecule has 0 atom stereocenters. The number of rotatable bonds is 3. The van der Waals surface area contributed by atoms with Crippen molar-refractivity contribution in [2.24, 2.45) is 0 Å². The van der Waals surface area contributed by atoms with E-state index in [4.69, 9.17) is 0 Å². The minimum atomic E-state index is 1.17. The molecular weight excluding hydrogens is 508 g/mol. The van der Waals surface area contributed by atoms with Crippen molar-refractivity contribution in [3.63, 3.8) is 0 Å². The average molecular weight is 535 g/mol. The number of aromatic amines is 1. The van der Waals surface area contributed by atoms with E-state index < -0.39 is 0 Å². The van der Waals surface area contributed by atoms with Gasteiger partial charge in [0, 0.05) is 43.7 Å². The van der Waals surface area contributed by atoms with Crippen LogP contribution in [0.4, 0.5) is 0 Å². The fraction of sp³-hybridized carbons (Fsp3) is 0. The highest BCUT2D eigenvalue weighted by molar-refractivity contribution is 6.22. The van der Waals surface area contributed by atoms with Crippen molar-refractivity contribution in [1.82, 2.24) is 9.55 Å². The van der Waals surface area contributed by atoms with E-state index in [9.17, 15) is 0 Å². The molecule has 2 nitrogen and oxygen atoms in total. The van der Waals surface area contributed by atoms with Gasteiger partial charge in [-0.3, -0.25) is 0 Å². The lowest BCUT2D eigenvalue weighted by Gasteiger charge is -2.13. The Morgan fingerprint density at radius 3 is 1.93 bits per heavy atom. The standard InChI is InChI=1S/C40H26N2/c1-2-13-29(14-3-1)42-39-20-9-7-17-32(39)36-25-34(30-15-4-5-18-33(30)40(36)42)28-12-10-11-26(23-28)27-21-22-38-35(24-27)31-16-6-8-19-37(31)41-38/h1-25,41H. The Bertz CT molecular complexity index is 2460. The summed E-state index contributed by atoms with van der Waals surface area (Å²) < 4.78 is 2.42. The Labute approximate surface area is 243 Å². The number of H-pyrrole nitrogens is 1. The summed E-state index contributed by atoms with van der Waals surface area (Å²) >= 11 is 0. The van der Waals surface area contributed by atoms with Crippen LogP contribution in [-0.4, -0.2) is 9.55 Å². The van der Waals surface area contributed by atoms with E-state index in [-0.39, 0.29) is 0 Å². The maximum Gasteiger partial charge on any atom is 0.0619 e. The highest BCUT2D eigenvalue weighted by atomic mass is 15.0. The zero-order valence-electron chi connectivity index (χ0n) is 22.9. The molecule has 0 aliphatic heterocycles. The normalized spacial score (nSPS) is 11.8. The summed E-state index contributed by atoms with van der Waals surface area (Å²) in [5.41, 5.74) is 10.9. The molecule has 0 radical (unpaired) electrons. The molecule has 1 N–H and O–H groups in total. The van der Waals surface area contributed by atoms with Crippen LogP contribution in [0.5, 0.6) is 0 Å². The van der Waals surface area contributed by atoms with Crippen molar-refractivity contribution in [2.45, 2.75) is 0 Å². The summed E-state index contributed by atoms with van der Waals surface area (Å²) in [6.07, 6.45) is 0. The summed E-state index contributed by atoms with van der Waals surface area (Å²) in [5, 5.41) is 7.58. The molecular formula is C40H26N2. The molecule has 9 rings (SSSR count). The van der Waals surface area contributed by atoms with Crippen LogP contribution in [0.1, 0.15) is 0 Å². The molecule has 0 fully saturated rings. The summed E-state index contributed by atoms with van der Waals surface area (Å²) in [6, 6.07) is 55.0. The fourth-order valence-electron chi connectivity index (χ4n) is 6.80. The molecule has 0 unspecified atom stereocenters. The van der Waals surface area contributed by atoms with Gasteiger partial charge in [0.05, 0.1) is 11.0 Å². The molecule has 9 aromatic rings. The molecule has 2 heterocycles. The van der Waals surface area contributed by atoms with Gasteiger partial charge < -0.3 is 9.55 Å². The van der Waals surface area contributed by atoms with Crippen molar-refractivity contribution in [1.29, 1.82) is 0 Å². The smallest absolute Gasteiger partial charge is 0.0619 e. The Hall–Kier alpha value is -5.60. The van der Waals surface area contributed by atoms with Gasteiger partial charge in [0.15, 0.2) is 0 Å². The predicted molar refractivity (Wildman–Crippen MR) is 179 cm³/mol. The molecule has 0 spiro atoms. The summed E-state index contributed by atoms with van der Waals surface area (Å²) in [7, 11) is 0.